The molecule has 0 bridgehead atoms. The van der Waals surface area contributed by atoms with Crippen molar-refractivity contribution in [1.29, 1.82) is 0 Å². The summed E-state index contributed by atoms with van der Waals surface area (Å²) in [6, 6.07) is 6.07. The van der Waals surface area contributed by atoms with Crippen LogP contribution in [0.2, 0.25) is 0 Å². The van der Waals surface area contributed by atoms with Crippen LogP contribution in [0.4, 0.5) is 10.1 Å². The topological polar surface area (TPSA) is 61.9 Å². The van der Waals surface area contributed by atoms with Crippen LogP contribution in [0, 0.1) is 5.82 Å². The van der Waals surface area contributed by atoms with Gasteiger partial charge < -0.3 is 15.0 Å². The van der Waals surface area contributed by atoms with Crippen LogP contribution < -0.4 is 5.32 Å². The molecular weight excluding hydrogens is 325 g/mol. The van der Waals surface area contributed by atoms with Crippen LogP contribution in [-0.4, -0.2) is 67.0 Å². The van der Waals surface area contributed by atoms with Gasteiger partial charge in [-0.25, -0.2) is 4.39 Å². The molecule has 25 heavy (non-hydrogen) atoms. The highest BCUT2D eigenvalue weighted by atomic mass is 19.1. The fraction of sp³-hybridized carbons (Fsp3) is 0.556. The van der Waals surface area contributed by atoms with Crippen LogP contribution in [0.1, 0.15) is 19.3 Å². The Bertz CT molecular complexity index is 619. The molecule has 0 spiro atoms. The predicted molar refractivity (Wildman–Crippen MR) is 91.6 cm³/mol. The van der Waals surface area contributed by atoms with Crippen LogP contribution in [-0.2, 0) is 14.3 Å². The minimum atomic E-state index is -0.520. The largest absolute Gasteiger partial charge is 0.366 e. The average molecular weight is 349 g/mol. The van der Waals surface area contributed by atoms with E-state index in [0.717, 1.165) is 32.4 Å². The van der Waals surface area contributed by atoms with Crippen molar-refractivity contribution in [1.82, 2.24) is 9.80 Å². The van der Waals surface area contributed by atoms with Crippen molar-refractivity contribution in [3.8, 4) is 0 Å². The number of likely N-dealkylation sites (tertiary alicyclic amines) is 1. The summed E-state index contributed by atoms with van der Waals surface area (Å²) in [6.07, 6.45) is 2.71. The first-order valence-electron chi connectivity index (χ1n) is 8.80. The summed E-state index contributed by atoms with van der Waals surface area (Å²) in [7, 11) is 0. The van der Waals surface area contributed by atoms with Gasteiger partial charge in [-0.1, -0.05) is 12.1 Å². The predicted octanol–water partition coefficient (Wildman–Crippen LogP) is 1.48. The van der Waals surface area contributed by atoms with Gasteiger partial charge in [-0.3, -0.25) is 14.5 Å². The lowest BCUT2D eigenvalue weighted by molar-refractivity contribution is -0.151. The lowest BCUT2D eigenvalue weighted by Crippen LogP contribution is -2.53. The first-order valence-corrected chi connectivity index (χ1v) is 8.80. The number of rotatable bonds is 4. The number of morpholine rings is 1. The van der Waals surface area contributed by atoms with Gasteiger partial charge in [-0.05, 0) is 31.4 Å². The number of ether oxygens (including phenoxy) is 1. The van der Waals surface area contributed by atoms with E-state index in [1.54, 1.807) is 12.1 Å². The van der Waals surface area contributed by atoms with E-state index in [0.29, 0.717) is 19.7 Å². The lowest BCUT2D eigenvalue weighted by Gasteiger charge is -2.35. The van der Waals surface area contributed by atoms with E-state index in [1.807, 2.05) is 9.80 Å². The molecule has 0 aromatic heterocycles. The van der Waals surface area contributed by atoms with Crippen LogP contribution in [0.15, 0.2) is 24.3 Å². The number of nitrogens with one attached hydrogen (secondary N) is 1. The standard InChI is InChI=1S/C18H24FN3O3/c19-14-6-2-3-7-15(14)20-17(23)13-21-10-11-25-16(12-21)18(24)22-8-4-1-5-9-22/h2-3,6-7,16H,1,4-5,8-13H2,(H,20,23). The van der Waals surface area contributed by atoms with Gasteiger partial charge in [0.2, 0.25) is 5.91 Å². The second-order valence-electron chi connectivity index (χ2n) is 6.51. The zero-order chi connectivity index (χ0) is 17.6. The molecule has 2 aliphatic rings. The molecule has 0 radical (unpaired) electrons. The highest BCUT2D eigenvalue weighted by molar-refractivity contribution is 5.92. The van der Waals surface area contributed by atoms with Gasteiger partial charge in [0.05, 0.1) is 18.8 Å². The highest BCUT2D eigenvalue weighted by Gasteiger charge is 2.31. The molecule has 2 aliphatic heterocycles. The molecule has 0 aliphatic carbocycles. The van der Waals surface area contributed by atoms with Gasteiger partial charge in [-0.2, -0.15) is 0 Å². The summed E-state index contributed by atoms with van der Waals surface area (Å²) in [6.45, 7) is 3.06. The third kappa shape index (κ3) is 4.76. The molecule has 2 fully saturated rings. The molecule has 3 rings (SSSR count). The monoisotopic (exact) mass is 349 g/mol. The molecule has 1 unspecified atom stereocenters. The number of carbonyl (C=O) groups is 2. The normalized spacial score (nSPS) is 21.8. The van der Waals surface area contributed by atoms with E-state index in [4.69, 9.17) is 4.74 Å². The smallest absolute Gasteiger partial charge is 0.253 e. The number of piperidine rings is 1. The molecule has 7 heteroatoms. The minimum absolute atomic E-state index is 0.0129. The molecule has 6 nitrogen and oxygen atoms in total. The quantitative estimate of drug-likeness (QED) is 0.894. The summed E-state index contributed by atoms with van der Waals surface area (Å²) >= 11 is 0. The van der Waals surface area contributed by atoms with Crippen LogP contribution in [0.3, 0.4) is 0 Å². The summed E-state index contributed by atoms with van der Waals surface area (Å²) in [5.41, 5.74) is 0.168. The molecule has 1 aromatic rings. The van der Waals surface area contributed by atoms with Crippen molar-refractivity contribution < 1.29 is 18.7 Å². The number of amides is 2. The molecule has 1 aromatic carbocycles. The van der Waals surface area contributed by atoms with E-state index in [-0.39, 0.29) is 24.0 Å². The second kappa shape index (κ2) is 8.40. The first-order chi connectivity index (χ1) is 12.1. The number of carbonyl (C=O) groups excluding carboxylic acids is 2. The minimum Gasteiger partial charge on any atom is -0.366 e. The van der Waals surface area contributed by atoms with Gasteiger partial charge in [0, 0.05) is 26.2 Å². The molecule has 2 saturated heterocycles. The van der Waals surface area contributed by atoms with Gasteiger partial charge in [0.15, 0.2) is 0 Å². The summed E-state index contributed by atoms with van der Waals surface area (Å²) < 4.78 is 19.2. The number of halogens is 1. The van der Waals surface area contributed by atoms with Gasteiger partial charge >= 0.3 is 0 Å². The second-order valence-corrected chi connectivity index (χ2v) is 6.51. The molecule has 136 valence electrons. The number of anilines is 1. The first kappa shape index (κ1) is 17.8. The number of hydrogen-bond donors (Lipinski definition) is 1. The number of hydrogen-bond acceptors (Lipinski definition) is 4. The molecular formula is C18H24FN3O3. The van der Waals surface area contributed by atoms with Crippen molar-refractivity contribution in [2.75, 3.05) is 44.6 Å². The van der Waals surface area contributed by atoms with Crippen molar-refractivity contribution in [3.63, 3.8) is 0 Å². The fourth-order valence-corrected chi connectivity index (χ4v) is 3.27. The summed E-state index contributed by atoms with van der Waals surface area (Å²) in [5, 5.41) is 2.57. The Morgan fingerprint density at radius 2 is 1.92 bits per heavy atom. The zero-order valence-electron chi connectivity index (χ0n) is 14.2. The van der Waals surface area contributed by atoms with Crippen LogP contribution in [0.25, 0.3) is 0 Å². The van der Waals surface area contributed by atoms with E-state index in [9.17, 15) is 14.0 Å². The Kier molecular flexibility index (Phi) is 5.99. The maximum atomic E-state index is 13.6. The van der Waals surface area contributed by atoms with E-state index < -0.39 is 11.9 Å². The number of para-hydroxylation sites is 1. The summed E-state index contributed by atoms with van der Waals surface area (Å²) in [5.74, 6) is -0.744. The van der Waals surface area contributed by atoms with Crippen molar-refractivity contribution in [2.45, 2.75) is 25.4 Å². The van der Waals surface area contributed by atoms with E-state index in [2.05, 4.69) is 5.32 Å². The Balaban J connectivity index is 1.51. The molecule has 1 N–H and O–H groups in total. The Morgan fingerprint density at radius 1 is 1.16 bits per heavy atom. The molecule has 2 amide bonds. The van der Waals surface area contributed by atoms with Crippen molar-refractivity contribution in [2.24, 2.45) is 0 Å². The van der Waals surface area contributed by atoms with Gasteiger partial charge in [0.25, 0.3) is 5.91 Å². The maximum Gasteiger partial charge on any atom is 0.253 e. The zero-order valence-corrected chi connectivity index (χ0v) is 14.2. The Labute approximate surface area is 146 Å². The van der Waals surface area contributed by atoms with Crippen LogP contribution >= 0.6 is 0 Å². The van der Waals surface area contributed by atoms with Crippen LogP contribution in [0.5, 0.6) is 0 Å². The van der Waals surface area contributed by atoms with Gasteiger partial charge in [-0.15, -0.1) is 0 Å². The lowest BCUT2D eigenvalue weighted by atomic mass is 10.1. The highest BCUT2D eigenvalue weighted by Crippen LogP contribution is 2.15. The number of nitrogens with zero attached hydrogens (tertiary/aromatic N) is 2. The molecule has 1 atom stereocenters. The number of benzene rings is 1. The SMILES string of the molecule is O=C(CN1CCOC(C(=O)N2CCCCC2)C1)Nc1ccccc1F. The third-order valence-corrected chi connectivity index (χ3v) is 4.61. The van der Waals surface area contributed by atoms with Gasteiger partial charge in [0.1, 0.15) is 11.9 Å². The van der Waals surface area contributed by atoms with E-state index >= 15 is 0 Å². The third-order valence-electron chi connectivity index (χ3n) is 4.61. The van der Waals surface area contributed by atoms with E-state index in [1.165, 1.54) is 12.1 Å². The summed E-state index contributed by atoms with van der Waals surface area (Å²) in [4.78, 5) is 28.4. The van der Waals surface area contributed by atoms with Crippen molar-refractivity contribution >= 4 is 17.5 Å². The molecule has 0 saturated carbocycles. The maximum absolute atomic E-state index is 13.6. The van der Waals surface area contributed by atoms with Crippen molar-refractivity contribution in [3.05, 3.63) is 30.1 Å². The molecule has 2 heterocycles. The average Bonchev–Trinajstić information content (AvgIpc) is 2.64. The Hall–Kier alpha value is -1.99. The Morgan fingerprint density at radius 3 is 2.68 bits per heavy atom. The fourth-order valence-electron chi connectivity index (χ4n) is 3.27.